The molecule has 4 nitrogen and oxygen atoms in total. The van der Waals surface area contributed by atoms with Crippen LogP contribution in [-0.2, 0) is 0 Å². The largest absolute Gasteiger partial charge is 0.381 e. The maximum Gasteiger partial charge on any atom is 0.0893 e. The Kier molecular flexibility index (Phi) is 4.47. The number of hydrogen-bond donors (Lipinski definition) is 1. The van der Waals surface area contributed by atoms with E-state index in [1.165, 1.54) is 0 Å². The fraction of sp³-hybridized carbons (Fsp3) is 0.0357. The summed E-state index contributed by atoms with van der Waals surface area (Å²) in [6.45, 7) is 0.849. The van der Waals surface area contributed by atoms with E-state index in [9.17, 15) is 0 Å². The number of dihydropyridines is 1. The highest BCUT2D eigenvalue weighted by Gasteiger charge is 2.08. The first-order chi connectivity index (χ1) is 15.8. The molecule has 3 aromatic heterocycles. The molecule has 0 saturated heterocycles. The average molecular weight is 412 g/mol. The Balaban J connectivity index is 1.42. The monoisotopic (exact) mass is 412 g/mol. The molecule has 4 heteroatoms. The minimum Gasteiger partial charge on any atom is -0.381 e. The van der Waals surface area contributed by atoms with Gasteiger partial charge in [0, 0.05) is 34.8 Å². The van der Waals surface area contributed by atoms with Crippen LogP contribution in [0.15, 0.2) is 103 Å². The van der Waals surface area contributed by atoms with Crippen molar-refractivity contribution < 1.29 is 0 Å². The highest BCUT2D eigenvalue weighted by atomic mass is 14.9. The van der Waals surface area contributed by atoms with Crippen LogP contribution >= 0.6 is 0 Å². The fourth-order valence-electron chi connectivity index (χ4n) is 4.04. The van der Waals surface area contributed by atoms with E-state index in [-0.39, 0.29) is 0 Å². The predicted molar refractivity (Wildman–Crippen MR) is 131 cm³/mol. The molecule has 6 rings (SSSR count). The minimum atomic E-state index is 0.849. The van der Waals surface area contributed by atoms with Crippen molar-refractivity contribution >= 4 is 27.5 Å². The second kappa shape index (κ2) is 7.75. The van der Waals surface area contributed by atoms with Crippen molar-refractivity contribution in [3.05, 3.63) is 109 Å². The summed E-state index contributed by atoms with van der Waals surface area (Å²) in [6.07, 6.45) is 8.08. The molecule has 2 aromatic carbocycles. The number of rotatable bonds is 3. The molecule has 0 fully saturated rings. The number of hydrogen-bond acceptors (Lipinski definition) is 4. The normalized spacial score (nSPS) is 13.2. The molecular formula is C28H20N4. The van der Waals surface area contributed by atoms with Gasteiger partial charge in [0.15, 0.2) is 0 Å². The summed E-state index contributed by atoms with van der Waals surface area (Å²) < 4.78 is 0. The number of nitrogens with one attached hydrogen (secondary N) is 1. The quantitative estimate of drug-likeness (QED) is 0.394. The standard InChI is InChI=1S/C28H20N4/c1-3-15-29-23(5-1)21-9-7-19-11-13-24(31-27(19)17-21)22-10-8-20-12-14-26(32-28(20)18-22)25-6-2-4-16-30-25/h1-14,16-18,29H,15H2. The van der Waals surface area contributed by atoms with Gasteiger partial charge in [-0.15, -0.1) is 0 Å². The molecule has 0 spiro atoms. The molecular weight excluding hydrogens is 392 g/mol. The van der Waals surface area contributed by atoms with Crippen LogP contribution in [0.3, 0.4) is 0 Å². The van der Waals surface area contributed by atoms with Crippen LogP contribution < -0.4 is 5.32 Å². The van der Waals surface area contributed by atoms with Gasteiger partial charge in [-0.25, -0.2) is 9.97 Å². The van der Waals surface area contributed by atoms with Crippen molar-refractivity contribution in [3.8, 4) is 22.6 Å². The lowest BCUT2D eigenvalue weighted by Crippen LogP contribution is -2.14. The fourth-order valence-corrected chi connectivity index (χ4v) is 4.04. The summed E-state index contributed by atoms with van der Waals surface area (Å²) in [5.74, 6) is 0. The van der Waals surface area contributed by atoms with Crippen LogP contribution in [-0.4, -0.2) is 21.5 Å². The van der Waals surface area contributed by atoms with Gasteiger partial charge in [-0.1, -0.05) is 54.6 Å². The molecule has 0 atom stereocenters. The lowest BCUT2D eigenvalue weighted by Gasteiger charge is -2.13. The van der Waals surface area contributed by atoms with Crippen LogP contribution in [0.5, 0.6) is 0 Å². The molecule has 5 aromatic rings. The van der Waals surface area contributed by atoms with Crippen molar-refractivity contribution in [1.82, 2.24) is 20.3 Å². The number of aromatic nitrogens is 3. The zero-order valence-corrected chi connectivity index (χ0v) is 17.4. The third-order valence-electron chi connectivity index (χ3n) is 5.73. The van der Waals surface area contributed by atoms with Crippen molar-refractivity contribution in [1.29, 1.82) is 0 Å². The molecule has 152 valence electrons. The average Bonchev–Trinajstić information content (AvgIpc) is 2.88. The van der Waals surface area contributed by atoms with Crippen molar-refractivity contribution in [2.45, 2.75) is 0 Å². The van der Waals surface area contributed by atoms with Gasteiger partial charge in [0.05, 0.1) is 28.1 Å². The Bertz CT molecular complexity index is 1520. The second-order valence-corrected chi connectivity index (χ2v) is 7.81. The van der Waals surface area contributed by atoms with Crippen LogP contribution in [0.4, 0.5) is 0 Å². The van der Waals surface area contributed by atoms with Gasteiger partial charge in [0.1, 0.15) is 0 Å². The zero-order valence-electron chi connectivity index (χ0n) is 17.4. The molecule has 1 aliphatic rings. The Morgan fingerprint density at radius 1 is 0.656 bits per heavy atom. The molecule has 0 aliphatic carbocycles. The van der Waals surface area contributed by atoms with Gasteiger partial charge in [0.25, 0.3) is 0 Å². The van der Waals surface area contributed by atoms with E-state index < -0.39 is 0 Å². The number of nitrogens with zero attached hydrogens (tertiary/aromatic N) is 3. The Morgan fingerprint density at radius 3 is 2.12 bits per heavy atom. The smallest absolute Gasteiger partial charge is 0.0893 e. The van der Waals surface area contributed by atoms with E-state index in [1.54, 1.807) is 6.20 Å². The number of allylic oxidation sites excluding steroid dienone is 2. The number of pyridine rings is 3. The Morgan fingerprint density at radius 2 is 1.38 bits per heavy atom. The zero-order chi connectivity index (χ0) is 21.3. The van der Waals surface area contributed by atoms with Gasteiger partial charge in [-0.05, 0) is 48.0 Å². The van der Waals surface area contributed by atoms with Crippen LogP contribution in [0.1, 0.15) is 5.56 Å². The van der Waals surface area contributed by atoms with Gasteiger partial charge < -0.3 is 5.32 Å². The summed E-state index contributed by atoms with van der Waals surface area (Å²) in [4.78, 5) is 14.3. The first-order valence-electron chi connectivity index (χ1n) is 10.7. The van der Waals surface area contributed by atoms with E-state index in [1.807, 2.05) is 24.3 Å². The van der Waals surface area contributed by atoms with E-state index in [2.05, 4.69) is 83.1 Å². The molecule has 4 heterocycles. The Hall–Kier alpha value is -4.31. The van der Waals surface area contributed by atoms with Crippen LogP contribution in [0.2, 0.25) is 0 Å². The first kappa shape index (κ1) is 18.5. The predicted octanol–water partition coefficient (Wildman–Crippen LogP) is 6.01. The van der Waals surface area contributed by atoms with Gasteiger partial charge in [-0.3, -0.25) is 4.98 Å². The van der Waals surface area contributed by atoms with Gasteiger partial charge in [-0.2, -0.15) is 0 Å². The van der Waals surface area contributed by atoms with Crippen LogP contribution in [0.25, 0.3) is 50.1 Å². The maximum absolute atomic E-state index is 4.98. The molecule has 0 bridgehead atoms. The summed E-state index contributed by atoms with van der Waals surface area (Å²) in [5.41, 5.74) is 7.91. The molecule has 32 heavy (non-hydrogen) atoms. The molecule has 0 radical (unpaired) electrons. The number of benzene rings is 2. The molecule has 1 aliphatic heterocycles. The topological polar surface area (TPSA) is 50.7 Å². The Labute approximate surface area is 186 Å². The molecule has 0 saturated carbocycles. The van der Waals surface area contributed by atoms with E-state index in [4.69, 9.17) is 9.97 Å². The minimum absolute atomic E-state index is 0.849. The third kappa shape index (κ3) is 3.42. The summed E-state index contributed by atoms with van der Waals surface area (Å²) >= 11 is 0. The van der Waals surface area contributed by atoms with Gasteiger partial charge >= 0.3 is 0 Å². The lowest BCUT2D eigenvalue weighted by molar-refractivity contribution is 0.996. The lowest BCUT2D eigenvalue weighted by atomic mass is 10.0. The highest BCUT2D eigenvalue weighted by Crippen LogP contribution is 2.27. The van der Waals surface area contributed by atoms with E-state index in [0.29, 0.717) is 0 Å². The van der Waals surface area contributed by atoms with Crippen molar-refractivity contribution in [2.24, 2.45) is 0 Å². The summed E-state index contributed by atoms with van der Waals surface area (Å²) in [7, 11) is 0. The van der Waals surface area contributed by atoms with Gasteiger partial charge in [0.2, 0.25) is 0 Å². The van der Waals surface area contributed by atoms with Crippen LogP contribution in [0, 0.1) is 0 Å². The summed E-state index contributed by atoms with van der Waals surface area (Å²) in [6, 6.07) is 26.9. The van der Waals surface area contributed by atoms with E-state index in [0.717, 1.165) is 62.3 Å². The SMILES string of the molecule is C1=CCNC(c2ccc3ccc(-c4ccc5ccc(-c6ccccn6)nc5c4)nc3c2)=C1. The molecule has 0 unspecified atom stereocenters. The van der Waals surface area contributed by atoms with Crippen molar-refractivity contribution in [2.75, 3.05) is 6.54 Å². The van der Waals surface area contributed by atoms with E-state index >= 15 is 0 Å². The molecule has 1 N–H and O–H groups in total. The summed E-state index contributed by atoms with van der Waals surface area (Å²) in [5, 5.41) is 5.64. The number of fused-ring (bicyclic) bond motifs is 2. The molecule has 0 amide bonds. The first-order valence-corrected chi connectivity index (χ1v) is 10.7. The third-order valence-corrected chi connectivity index (χ3v) is 5.73. The highest BCUT2D eigenvalue weighted by molar-refractivity contribution is 5.88. The second-order valence-electron chi connectivity index (χ2n) is 7.81. The van der Waals surface area contributed by atoms with Crippen molar-refractivity contribution in [3.63, 3.8) is 0 Å². The maximum atomic E-state index is 4.98.